The fraction of sp³-hybridized carbons (Fsp3) is 0.263. The lowest BCUT2D eigenvalue weighted by atomic mass is 9.98. The molecule has 11 rings (SSSR count). The van der Waals surface area contributed by atoms with Gasteiger partial charge in [-0.3, -0.25) is 29.2 Å². The number of rotatable bonds is 26. The van der Waals surface area contributed by atoms with Crippen LogP contribution in [-0.2, 0) is 86.6 Å². The van der Waals surface area contributed by atoms with Crippen LogP contribution >= 0.6 is 68.7 Å². The molecule has 2 aliphatic rings. The minimum Gasteiger partial charge on any atom is -0.480 e. The highest BCUT2D eigenvalue weighted by Crippen LogP contribution is 2.39. The fourth-order valence-electron chi connectivity index (χ4n) is 9.82. The number of hydrogen-bond donors (Lipinski definition) is 3. The van der Waals surface area contributed by atoms with E-state index in [0.29, 0.717) is 59.5 Å². The minimum atomic E-state index is -4.03. The number of benzene rings is 9. The van der Waals surface area contributed by atoms with E-state index in [0.717, 1.165) is 39.9 Å². The van der Waals surface area contributed by atoms with Gasteiger partial charge in [-0.1, -0.05) is 72.8 Å². The molecular formula is C80H87Cl3NO24PS5. The molecule has 0 aliphatic carbocycles. The summed E-state index contributed by atoms with van der Waals surface area (Å²) in [5.41, 5.74) is 1.50. The van der Waals surface area contributed by atoms with Crippen LogP contribution in [0, 0.1) is 0 Å². The molecule has 114 heavy (non-hydrogen) atoms. The maximum absolute atomic E-state index is 13.1. The average Bonchev–Trinajstić information content (AvgIpc) is 0.753. The van der Waals surface area contributed by atoms with Crippen LogP contribution in [0.5, 0.6) is 51.7 Å². The second kappa shape index (κ2) is 51.1. The van der Waals surface area contributed by atoms with Crippen LogP contribution in [0.3, 0.4) is 0 Å². The normalized spacial score (nSPS) is 13.0. The van der Waals surface area contributed by atoms with Crippen molar-refractivity contribution in [1.82, 2.24) is 5.48 Å². The van der Waals surface area contributed by atoms with Crippen LogP contribution in [0.25, 0.3) is 0 Å². The van der Waals surface area contributed by atoms with E-state index >= 15 is 0 Å². The Balaban J connectivity index is 0.000000247. The second-order valence-electron chi connectivity index (χ2n) is 23.2. The van der Waals surface area contributed by atoms with Gasteiger partial charge in [-0.05, 0) is 183 Å². The Morgan fingerprint density at radius 1 is 0.439 bits per heavy atom. The molecule has 9 aromatic rings. The van der Waals surface area contributed by atoms with Crippen molar-refractivity contribution in [2.75, 3.05) is 97.2 Å². The Bertz CT molecular complexity index is 4670. The van der Waals surface area contributed by atoms with Gasteiger partial charge in [0.15, 0.2) is 44.8 Å². The maximum atomic E-state index is 13.1. The average molecular weight is 1740 g/mol. The van der Waals surface area contributed by atoms with Crippen molar-refractivity contribution in [3.63, 3.8) is 0 Å². The van der Waals surface area contributed by atoms with E-state index in [1.54, 1.807) is 24.3 Å². The molecule has 9 aromatic carbocycles. The molecule has 612 valence electrons. The first-order valence-corrected chi connectivity index (χ1v) is 42.4. The highest BCUT2D eigenvalue weighted by atomic mass is 35.5. The number of thioether (sulfide) groups is 1. The standard InChI is InChI=1S/C18H19NO6S.C15H14O5S.C15H14O3S.C13H17O6PS.C12H10OS.C4H8Cl2O.C3H5ClO2/c20-17(19-21)18(10-12-24-13-11-18)26(22,23)16-8-6-15(7-9-16)25-14-4-2-1-3-5-14;1-19-15(16)11-21(17,18)14-9-7-13(8-10-14)20-12-5-3-2-4-6-12;1-17-15(16)11-19-14-9-7-13(8-10-14)18-12-5-3-2-4-6-12;1-17-12(14)13(6-8-18-9-7-13)21(15,16)11-4-2-10(19-20)3-5-11;14-12-8-6-11(7-9-12)13-10-4-2-1-3-5-10;5-1-3-7-4-2-6;1-6-3(5)2-4/h1-9,21H,10-13H2,(H,19,20);2-10H,11H2,1H3;2-10H,11H2,1H3;2-5H,6-9,20H2,1H3;1-9,14H;1-4H2;2H2,1H3. The lowest BCUT2D eigenvalue weighted by Crippen LogP contribution is -2.54. The summed E-state index contributed by atoms with van der Waals surface area (Å²) >= 11 is 21.2. The highest BCUT2D eigenvalue weighted by Gasteiger charge is 2.54. The zero-order chi connectivity index (χ0) is 83.3. The van der Waals surface area contributed by atoms with Crippen molar-refractivity contribution in [2.24, 2.45) is 0 Å². The molecule has 0 bridgehead atoms. The molecule has 2 saturated heterocycles. The van der Waals surface area contributed by atoms with Crippen LogP contribution in [-0.4, -0.2) is 167 Å². The molecular weight excluding hydrogens is 1660 g/mol. The third kappa shape index (κ3) is 31.3. The number of alkyl halides is 3. The number of para-hydroxylation sites is 4. The predicted molar refractivity (Wildman–Crippen MR) is 440 cm³/mol. The number of carbonyl (C=O) groups is 5. The zero-order valence-corrected chi connectivity index (χ0v) is 69.9. The molecule has 0 spiro atoms. The number of thiol groups is 1. The molecule has 2 aliphatic heterocycles. The van der Waals surface area contributed by atoms with Gasteiger partial charge >= 0.3 is 23.9 Å². The molecule has 2 N–H and O–H groups in total. The Morgan fingerprint density at radius 3 is 1.09 bits per heavy atom. The second-order valence-corrected chi connectivity index (χ2v) is 32.5. The number of ether oxygens (including phenoxy) is 11. The number of hydrogen-bond acceptors (Lipinski definition) is 26. The summed E-state index contributed by atoms with van der Waals surface area (Å²) in [7, 11) is -4.49. The lowest BCUT2D eigenvalue weighted by Gasteiger charge is -2.34. The number of esters is 4. The third-order valence-corrected chi connectivity index (χ3v) is 24.5. The Kier molecular flexibility index (Phi) is 42.8. The monoisotopic (exact) mass is 1740 g/mol. The van der Waals surface area contributed by atoms with Gasteiger partial charge in [-0.15, -0.1) is 59.2 Å². The number of methoxy groups -OCH3 is 4. The van der Waals surface area contributed by atoms with Crippen molar-refractivity contribution >= 4 is 128 Å². The van der Waals surface area contributed by atoms with Crippen molar-refractivity contribution in [2.45, 2.75) is 59.7 Å². The molecule has 1 amide bonds. The summed E-state index contributed by atoms with van der Waals surface area (Å²) in [5.74, 6) is 3.63. The van der Waals surface area contributed by atoms with Crippen molar-refractivity contribution in [3.05, 3.63) is 243 Å². The number of carbonyl (C=O) groups excluding carboxylic acids is 5. The summed E-state index contributed by atoms with van der Waals surface area (Å²) in [6.07, 6.45) is 0.127. The number of halogens is 3. The number of hydroxylamine groups is 1. The van der Waals surface area contributed by atoms with E-state index in [1.165, 1.54) is 111 Å². The van der Waals surface area contributed by atoms with Gasteiger partial charge in [0.25, 0.3) is 5.91 Å². The van der Waals surface area contributed by atoms with E-state index in [4.69, 9.17) is 82.4 Å². The first-order chi connectivity index (χ1) is 54.8. The Morgan fingerprint density at radius 2 is 0.763 bits per heavy atom. The van der Waals surface area contributed by atoms with Gasteiger partial charge in [0.2, 0.25) is 0 Å². The molecule has 25 nitrogen and oxygen atoms in total. The molecule has 34 heteroatoms. The largest absolute Gasteiger partial charge is 0.480 e. The topological polar surface area (TPSA) is 331 Å². The fourth-order valence-corrected chi connectivity index (χ4v) is 16.2. The van der Waals surface area contributed by atoms with Crippen LogP contribution in [0.15, 0.2) is 267 Å². The van der Waals surface area contributed by atoms with Crippen LogP contribution in [0.2, 0.25) is 0 Å². The molecule has 2 heterocycles. The lowest BCUT2D eigenvalue weighted by molar-refractivity contribution is -0.146. The maximum Gasteiger partial charge on any atom is 0.327 e. The zero-order valence-electron chi connectivity index (χ0n) is 62.3. The van der Waals surface area contributed by atoms with E-state index in [-0.39, 0.29) is 78.6 Å². The first-order valence-electron chi connectivity index (χ1n) is 34.3. The first kappa shape index (κ1) is 95.6. The highest BCUT2D eigenvalue weighted by molar-refractivity contribution is 8.00. The number of amides is 1. The van der Waals surface area contributed by atoms with Gasteiger partial charge in [0.05, 0.1) is 71.6 Å². The minimum absolute atomic E-state index is 0.0107. The Labute approximate surface area is 690 Å². The van der Waals surface area contributed by atoms with Gasteiger partial charge < -0.3 is 56.6 Å². The van der Waals surface area contributed by atoms with Gasteiger partial charge in [0.1, 0.15) is 57.6 Å². The molecule has 1 atom stereocenters. The third-order valence-electron chi connectivity index (χ3n) is 15.8. The summed E-state index contributed by atoms with van der Waals surface area (Å²) in [5, 5.41) is 9.05. The summed E-state index contributed by atoms with van der Waals surface area (Å²) in [6, 6.07) is 70.4. The van der Waals surface area contributed by atoms with Crippen LogP contribution in [0.1, 0.15) is 25.7 Å². The van der Waals surface area contributed by atoms with Gasteiger partial charge in [0, 0.05) is 60.8 Å². The molecule has 2 fully saturated rings. The van der Waals surface area contributed by atoms with Crippen molar-refractivity contribution in [3.8, 4) is 51.7 Å². The van der Waals surface area contributed by atoms with Crippen LogP contribution < -0.4 is 29.0 Å². The van der Waals surface area contributed by atoms with E-state index in [1.807, 2.05) is 146 Å². The summed E-state index contributed by atoms with van der Waals surface area (Å²) in [4.78, 5) is 58.3. The van der Waals surface area contributed by atoms with Gasteiger partial charge in [-0.2, -0.15) is 0 Å². The van der Waals surface area contributed by atoms with Crippen molar-refractivity contribution in [1.29, 1.82) is 0 Å². The Hall–Kier alpha value is -8.98. The molecule has 0 aromatic heterocycles. The van der Waals surface area contributed by atoms with E-state index in [2.05, 4.69) is 36.3 Å². The smallest absolute Gasteiger partial charge is 0.327 e. The quantitative estimate of drug-likeness (QED) is 0.00522. The summed E-state index contributed by atoms with van der Waals surface area (Å²) in [6.45, 7) is 1.88. The SMILES string of the molecule is COC(=O)C1(S(=O)(=O)c2ccc(OP)cc2)CCOCC1.COC(=O)CCl.COC(=O)CS(=O)(=O)c1ccc(Oc2ccccc2)cc1.COC(=O)CSc1ccc(Oc2ccccc2)cc1.ClCCOCCCl.O=C(NO)C1(S(=O)(=O)c2ccc(Oc3ccccc3)cc2)CCOCC1.Sc1ccc(Oc2ccccc2)cc1. The van der Waals surface area contributed by atoms with Crippen LogP contribution in [0.4, 0.5) is 0 Å². The van der Waals surface area contributed by atoms with Crippen molar-refractivity contribution < 1.29 is 111 Å². The number of nitrogens with one attached hydrogen (secondary N) is 1. The van der Waals surface area contributed by atoms with E-state index < -0.39 is 68.6 Å². The predicted octanol–water partition coefficient (Wildman–Crippen LogP) is 15.5. The molecule has 0 saturated carbocycles. The van der Waals surface area contributed by atoms with Gasteiger partial charge in [-0.25, -0.2) is 30.7 Å². The molecule has 0 radical (unpaired) electrons. The number of sulfone groups is 3. The molecule has 1 unspecified atom stereocenters. The van der Waals surface area contributed by atoms with E-state index in [9.17, 15) is 49.2 Å². The summed E-state index contributed by atoms with van der Waals surface area (Å²) < 4.78 is 133.